The minimum Gasteiger partial charge on any atom is -0.458 e. The number of rotatable bonds is 8. The van der Waals surface area contributed by atoms with Crippen LogP contribution in [0.15, 0.2) is 71.5 Å². The molecule has 0 saturated heterocycles. The van der Waals surface area contributed by atoms with Crippen molar-refractivity contribution in [3.05, 3.63) is 88.2 Å². The van der Waals surface area contributed by atoms with Crippen LogP contribution in [0, 0.1) is 0 Å². The number of hydroxylamine groups is 2. The summed E-state index contributed by atoms with van der Waals surface area (Å²) < 4.78 is 6.30. The lowest BCUT2D eigenvalue weighted by molar-refractivity contribution is -0.203. The number of ether oxygens (including phenoxy) is 1. The minimum absolute atomic E-state index is 0.0523. The molecule has 4 rings (SSSR count). The summed E-state index contributed by atoms with van der Waals surface area (Å²) in [5.74, 6) is -0.585. The van der Waals surface area contributed by atoms with Crippen LogP contribution >= 0.6 is 15.9 Å². The van der Waals surface area contributed by atoms with Gasteiger partial charge in [-0.05, 0) is 70.6 Å². The lowest BCUT2D eigenvalue weighted by Crippen LogP contribution is -2.45. The summed E-state index contributed by atoms with van der Waals surface area (Å²) in [5.41, 5.74) is 4.68. The second kappa shape index (κ2) is 10.1. The molecule has 0 fully saturated rings. The maximum atomic E-state index is 13.1. The molecule has 7 heteroatoms. The third kappa shape index (κ3) is 5.37. The first-order valence-corrected chi connectivity index (χ1v) is 11.9. The molecule has 0 bridgehead atoms. The van der Waals surface area contributed by atoms with Gasteiger partial charge in [0.2, 0.25) is 6.41 Å². The van der Waals surface area contributed by atoms with Crippen molar-refractivity contribution >= 4 is 28.3 Å². The molecule has 0 saturated carbocycles. The number of carbonyl (C=O) groups excluding carboxylic acids is 2. The highest BCUT2D eigenvalue weighted by Gasteiger charge is 2.34. The molecule has 0 aliphatic heterocycles. The molecule has 2 aromatic carbocycles. The van der Waals surface area contributed by atoms with E-state index < -0.39 is 17.6 Å². The number of amides is 1. The van der Waals surface area contributed by atoms with Gasteiger partial charge < -0.3 is 4.74 Å². The predicted octanol–water partition coefficient (Wildman–Crippen LogP) is 5.30. The molecular weight excluding hydrogens is 496 g/mol. The molecule has 3 aromatic rings. The minimum atomic E-state index is -0.952. The quantitative estimate of drug-likeness (QED) is 0.174. The largest absolute Gasteiger partial charge is 0.458 e. The van der Waals surface area contributed by atoms with Gasteiger partial charge in [-0.25, -0.2) is 14.8 Å². The Kier molecular flexibility index (Phi) is 7.14. The van der Waals surface area contributed by atoms with Crippen LogP contribution in [0.3, 0.4) is 0 Å². The average molecular weight is 523 g/mol. The van der Waals surface area contributed by atoms with Gasteiger partial charge >= 0.3 is 5.97 Å². The Labute approximate surface area is 208 Å². The van der Waals surface area contributed by atoms with Crippen LogP contribution in [-0.2, 0) is 25.6 Å². The lowest BCUT2D eigenvalue weighted by Gasteiger charge is -2.30. The fourth-order valence-corrected chi connectivity index (χ4v) is 4.43. The van der Waals surface area contributed by atoms with Gasteiger partial charge in [0.25, 0.3) is 0 Å². The normalized spacial score (nSPS) is 13.6. The van der Waals surface area contributed by atoms with Gasteiger partial charge in [-0.3, -0.25) is 9.63 Å². The van der Waals surface area contributed by atoms with Crippen molar-refractivity contribution in [3.8, 4) is 11.1 Å². The lowest BCUT2D eigenvalue weighted by atomic mass is 9.98. The number of fused-ring (bicyclic) bond motifs is 3. The van der Waals surface area contributed by atoms with Crippen LogP contribution < -0.4 is 0 Å². The molecule has 0 radical (unpaired) electrons. The van der Waals surface area contributed by atoms with Gasteiger partial charge in [-0.1, -0.05) is 54.6 Å². The van der Waals surface area contributed by atoms with Gasteiger partial charge in [0, 0.05) is 18.5 Å². The van der Waals surface area contributed by atoms with Crippen molar-refractivity contribution in [1.29, 1.82) is 0 Å². The summed E-state index contributed by atoms with van der Waals surface area (Å²) in [6.07, 6.45) is 2.42. The van der Waals surface area contributed by atoms with Gasteiger partial charge in [0.15, 0.2) is 6.04 Å². The number of hydrogen-bond acceptors (Lipinski definition) is 5. The van der Waals surface area contributed by atoms with E-state index in [0.29, 0.717) is 11.0 Å². The van der Waals surface area contributed by atoms with E-state index in [0.717, 1.165) is 32.9 Å². The van der Waals surface area contributed by atoms with E-state index in [1.165, 1.54) is 0 Å². The first-order valence-electron chi connectivity index (χ1n) is 11.1. The number of esters is 1. The summed E-state index contributed by atoms with van der Waals surface area (Å²) in [6, 6.07) is 19.1. The molecule has 1 heterocycles. The van der Waals surface area contributed by atoms with Gasteiger partial charge in [0.1, 0.15) is 10.2 Å². The number of halogens is 1. The molecule has 1 atom stereocenters. The van der Waals surface area contributed by atoms with Crippen molar-refractivity contribution in [3.63, 3.8) is 0 Å². The maximum absolute atomic E-state index is 13.1. The molecule has 1 aromatic heterocycles. The number of benzene rings is 2. The Hall–Kier alpha value is -3.03. The molecule has 176 valence electrons. The van der Waals surface area contributed by atoms with Crippen molar-refractivity contribution in [2.75, 3.05) is 6.61 Å². The summed E-state index contributed by atoms with van der Waals surface area (Å²) in [6.45, 7) is 5.59. The van der Waals surface area contributed by atoms with Gasteiger partial charge in [0.05, 0.1) is 6.61 Å². The Bertz CT molecular complexity index is 1130. The fraction of sp³-hybridized carbons (Fsp3) is 0.296. The molecule has 34 heavy (non-hydrogen) atoms. The number of carbonyl (C=O) groups is 2. The van der Waals surface area contributed by atoms with E-state index in [4.69, 9.17) is 9.57 Å². The number of aromatic nitrogens is 1. The van der Waals surface area contributed by atoms with E-state index in [9.17, 15) is 9.59 Å². The Morgan fingerprint density at radius 1 is 1.06 bits per heavy atom. The first-order chi connectivity index (χ1) is 16.3. The number of hydrogen-bond donors (Lipinski definition) is 0. The fourth-order valence-electron chi connectivity index (χ4n) is 4.19. The smallest absolute Gasteiger partial charge is 0.332 e. The van der Waals surface area contributed by atoms with Crippen LogP contribution in [0.4, 0.5) is 0 Å². The molecule has 1 amide bonds. The monoisotopic (exact) mass is 522 g/mol. The topological polar surface area (TPSA) is 68.7 Å². The molecule has 1 aliphatic carbocycles. The highest BCUT2D eigenvalue weighted by molar-refractivity contribution is 9.10. The number of nitrogens with zero attached hydrogens (tertiary/aromatic N) is 2. The van der Waals surface area contributed by atoms with E-state index in [2.05, 4.69) is 45.2 Å². The van der Waals surface area contributed by atoms with Crippen LogP contribution in [0.1, 0.15) is 43.4 Å². The summed E-state index contributed by atoms with van der Waals surface area (Å²) >= 11 is 3.32. The second-order valence-electron chi connectivity index (χ2n) is 9.23. The van der Waals surface area contributed by atoms with Crippen molar-refractivity contribution in [2.45, 2.75) is 44.8 Å². The van der Waals surface area contributed by atoms with Gasteiger partial charge in [-0.2, -0.15) is 0 Å². The van der Waals surface area contributed by atoms with E-state index in [1.54, 1.807) is 33.0 Å². The molecular formula is C27H27BrN2O4. The zero-order chi connectivity index (χ0) is 24.3. The van der Waals surface area contributed by atoms with E-state index in [1.807, 2.05) is 30.3 Å². The second-order valence-corrected chi connectivity index (χ2v) is 10.0. The Balaban J connectivity index is 1.58. The van der Waals surface area contributed by atoms with Crippen LogP contribution in [0.5, 0.6) is 0 Å². The van der Waals surface area contributed by atoms with E-state index in [-0.39, 0.29) is 18.9 Å². The molecule has 1 unspecified atom stereocenters. The van der Waals surface area contributed by atoms with Crippen molar-refractivity contribution in [1.82, 2.24) is 10.0 Å². The van der Waals surface area contributed by atoms with Crippen LogP contribution in [0.25, 0.3) is 11.1 Å². The standard InChI is InChI=1S/C27H27BrN2O4/c1-27(2,3)34-26(32)24(14-18-12-13-25(28)29-15-18)30(17-31)33-16-23-21-10-6-4-8-19(21)20-9-5-7-11-22(20)23/h4-13,15,17,23-24H,14,16H2,1-3H3. The van der Waals surface area contributed by atoms with Crippen LogP contribution in [-0.4, -0.2) is 40.7 Å². The van der Waals surface area contributed by atoms with Crippen molar-refractivity contribution < 1.29 is 19.2 Å². The highest BCUT2D eigenvalue weighted by atomic mass is 79.9. The molecule has 1 aliphatic rings. The number of pyridine rings is 1. The zero-order valence-corrected chi connectivity index (χ0v) is 21.0. The van der Waals surface area contributed by atoms with Crippen LogP contribution in [0.2, 0.25) is 0 Å². The predicted molar refractivity (Wildman–Crippen MR) is 133 cm³/mol. The molecule has 0 N–H and O–H groups in total. The highest BCUT2D eigenvalue weighted by Crippen LogP contribution is 2.44. The Morgan fingerprint density at radius 3 is 2.21 bits per heavy atom. The maximum Gasteiger partial charge on any atom is 0.332 e. The summed E-state index contributed by atoms with van der Waals surface area (Å²) in [5, 5.41) is 1.08. The SMILES string of the molecule is CC(C)(C)OC(=O)C(Cc1ccc(Br)nc1)N(C=O)OCC1c2ccccc2-c2ccccc21. The average Bonchev–Trinajstić information content (AvgIpc) is 3.12. The third-order valence-corrected chi connectivity index (χ3v) is 6.13. The summed E-state index contributed by atoms with van der Waals surface area (Å²) in [4.78, 5) is 35.5. The van der Waals surface area contributed by atoms with Crippen molar-refractivity contribution in [2.24, 2.45) is 0 Å². The summed E-state index contributed by atoms with van der Waals surface area (Å²) in [7, 11) is 0. The first kappa shape index (κ1) is 24.1. The van der Waals surface area contributed by atoms with Gasteiger partial charge in [-0.15, -0.1) is 0 Å². The Morgan fingerprint density at radius 2 is 1.68 bits per heavy atom. The third-order valence-electron chi connectivity index (χ3n) is 5.66. The molecule has 6 nitrogen and oxygen atoms in total. The molecule has 0 spiro atoms. The van der Waals surface area contributed by atoms with E-state index >= 15 is 0 Å². The zero-order valence-electron chi connectivity index (χ0n) is 19.4.